The quantitative estimate of drug-likeness (QED) is 0.828. The van der Waals surface area contributed by atoms with Gasteiger partial charge < -0.3 is 15.0 Å². The second-order valence-corrected chi connectivity index (χ2v) is 5.48. The van der Waals surface area contributed by atoms with Crippen molar-refractivity contribution in [2.75, 3.05) is 31.2 Å². The molecule has 1 aromatic rings. The predicted molar refractivity (Wildman–Crippen MR) is 76.1 cm³/mol. The summed E-state index contributed by atoms with van der Waals surface area (Å²) in [7, 11) is 0. The Morgan fingerprint density at radius 3 is 2.89 bits per heavy atom. The molecular weight excluding hydrogens is 224 g/mol. The molecular formula is C15H24N2O. The number of anilines is 1. The molecule has 1 N–H and O–H groups in total. The zero-order chi connectivity index (χ0) is 13.0. The first-order chi connectivity index (χ1) is 8.62. The van der Waals surface area contributed by atoms with Crippen molar-refractivity contribution in [2.24, 2.45) is 0 Å². The SMILES string of the molecule is CCOCCN1CC(C)(C)NCc2ccccc21. The van der Waals surface area contributed by atoms with E-state index in [0.717, 1.165) is 32.8 Å². The van der Waals surface area contributed by atoms with Crippen LogP contribution in [-0.4, -0.2) is 31.8 Å². The Labute approximate surface area is 110 Å². The van der Waals surface area contributed by atoms with E-state index in [1.165, 1.54) is 11.3 Å². The van der Waals surface area contributed by atoms with Crippen LogP contribution in [0.25, 0.3) is 0 Å². The molecule has 0 spiro atoms. The van der Waals surface area contributed by atoms with Gasteiger partial charge in [-0.15, -0.1) is 0 Å². The van der Waals surface area contributed by atoms with Gasteiger partial charge in [0.05, 0.1) is 6.61 Å². The number of fused-ring (bicyclic) bond motifs is 1. The minimum Gasteiger partial charge on any atom is -0.380 e. The van der Waals surface area contributed by atoms with Gasteiger partial charge >= 0.3 is 0 Å². The molecule has 3 nitrogen and oxygen atoms in total. The Kier molecular flexibility index (Phi) is 4.25. The topological polar surface area (TPSA) is 24.5 Å². The summed E-state index contributed by atoms with van der Waals surface area (Å²) >= 11 is 0. The van der Waals surface area contributed by atoms with Gasteiger partial charge in [0.1, 0.15) is 0 Å². The normalized spacial score (nSPS) is 18.3. The number of benzene rings is 1. The Bertz CT molecular complexity index is 390. The fourth-order valence-corrected chi connectivity index (χ4v) is 2.44. The van der Waals surface area contributed by atoms with Crippen molar-refractivity contribution in [1.29, 1.82) is 0 Å². The van der Waals surface area contributed by atoms with E-state index < -0.39 is 0 Å². The van der Waals surface area contributed by atoms with Gasteiger partial charge in [0.15, 0.2) is 0 Å². The van der Waals surface area contributed by atoms with Gasteiger partial charge in [0.25, 0.3) is 0 Å². The Morgan fingerprint density at radius 2 is 2.11 bits per heavy atom. The molecule has 0 saturated carbocycles. The van der Waals surface area contributed by atoms with E-state index >= 15 is 0 Å². The number of hydrogen-bond donors (Lipinski definition) is 1. The molecule has 0 bridgehead atoms. The first-order valence-electron chi connectivity index (χ1n) is 6.78. The highest BCUT2D eigenvalue weighted by molar-refractivity contribution is 5.55. The minimum atomic E-state index is 0.130. The maximum atomic E-state index is 5.50. The first-order valence-corrected chi connectivity index (χ1v) is 6.78. The maximum Gasteiger partial charge on any atom is 0.0641 e. The van der Waals surface area contributed by atoms with Crippen molar-refractivity contribution < 1.29 is 4.74 Å². The molecule has 1 aliphatic heterocycles. The number of nitrogens with zero attached hydrogens (tertiary/aromatic N) is 1. The average Bonchev–Trinajstić information content (AvgIpc) is 2.48. The van der Waals surface area contributed by atoms with Crippen LogP contribution in [0.1, 0.15) is 26.3 Å². The number of para-hydroxylation sites is 1. The monoisotopic (exact) mass is 248 g/mol. The second-order valence-electron chi connectivity index (χ2n) is 5.48. The van der Waals surface area contributed by atoms with Crippen molar-refractivity contribution in [3.8, 4) is 0 Å². The van der Waals surface area contributed by atoms with Crippen LogP contribution in [0, 0.1) is 0 Å². The number of ether oxygens (including phenoxy) is 1. The van der Waals surface area contributed by atoms with Crippen LogP contribution in [0.15, 0.2) is 24.3 Å². The molecule has 100 valence electrons. The van der Waals surface area contributed by atoms with Crippen LogP contribution in [0.4, 0.5) is 5.69 Å². The van der Waals surface area contributed by atoms with Gasteiger partial charge in [-0.05, 0) is 32.4 Å². The highest BCUT2D eigenvalue weighted by Gasteiger charge is 2.26. The number of rotatable bonds is 4. The van der Waals surface area contributed by atoms with Gasteiger partial charge in [0, 0.05) is 37.5 Å². The zero-order valence-corrected chi connectivity index (χ0v) is 11.7. The molecule has 0 radical (unpaired) electrons. The summed E-state index contributed by atoms with van der Waals surface area (Å²) in [5.74, 6) is 0. The zero-order valence-electron chi connectivity index (χ0n) is 11.7. The third-order valence-corrected chi connectivity index (χ3v) is 3.39. The highest BCUT2D eigenvalue weighted by Crippen LogP contribution is 2.25. The van der Waals surface area contributed by atoms with E-state index in [-0.39, 0.29) is 5.54 Å². The molecule has 0 fully saturated rings. The lowest BCUT2D eigenvalue weighted by Gasteiger charge is -2.32. The summed E-state index contributed by atoms with van der Waals surface area (Å²) < 4.78 is 5.50. The molecule has 1 aromatic carbocycles. The summed E-state index contributed by atoms with van der Waals surface area (Å²) in [5.41, 5.74) is 2.85. The summed E-state index contributed by atoms with van der Waals surface area (Å²) in [5, 5.41) is 3.61. The van der Waals surface area contributed by atoms with Crippen molar-refractivity contribution in [3.05, 3.63) is 29.8 Å². The molecule has 0 aliphatic carbocycles. The molecule has 1 heterocycles. The first kappa shape index (κ1) is 13.4. The Balaban J connectivity index is 2.17. The fourth-order valence-electron chi connectivity index (χ4n) is 2.44. The fraction of sp³-hybridized carbons (Fsp3) is 0.600. The van der Waals surface area contributed by atoms with Crippen LogP contribution in [0.5, 0.6) is 0 Å². The van der Waals surface area contributed by atoms with Crippen LogP contribution < -0.4 is 10.2 Å². The molecule has 0 aromatic heterocycles. The van der Waals surface area contributed by atoms with Gasteiger partial charge in [-0.2, -0.15) is 0 Å². The lowest BCUT2D eigenvalue weighted by molar-refractivity contribution is 0.153. The average molecular weight is 248 g/mol. The molecule has 2 rings (SSSR count). The van der Waals surface area contributed by atoms with Gasteiger partial charge in [-0.1, -0.05) is 18.2 Å². The van der Waals surface area contributed by atoms with Gasteiger partial charge in [0.2, 0.25) is 0 Å². The molecule has 0 unspecified atom stereocenters. The van der Waals surface area contributed by atoms with Gasteiger partial charge in [-0.25, -0.2) is 0 Å². The number of hydrogen-bond acceptors (Lipinski definition) is 3. The van der Waals surface area contributed by atoms with Crippen LogP contribution in [0.2, 0.25) is 0 Å². The van der Waals surface area contributed by atoms with Crippen molar-refractivity contribution in [3.63, 3.8) is 0 Å². The Hall–Kier alpha value is -1.06. The van der Waals surface area contributed by atoms with E-state index in [1.807, 2.05) is 6.92 Å². The predicted octanol–water partition coefficient (Wildman–Crippen LogP) is 2.41. The van der Waals surface area contributed by atoms with E-state index in [2.05, 4.69) is 48.3 Å². The molecule has 18 heavy (non-hydrogen) atoms. The third kappa shape index (κ3) is 3.24. The lowest BCUT2D eigenvalue weighted by Crippen LogP contribution is -2.47. The second kappa shape index (κ2) is 5.72. The molecule has 0 amide bonds. The van der Waals surface area contributed by atoms with Crippen LogP contribution in [-0.2, 0) is 11.3 Å². The minimum absolute atomic E-state index is 0.130. The maximum absolute atomic E-state index is 5.50. The summed E-state index contributed by atoms with van der Waals surface area (Å²) in [6, 6.07) is 8.64. The van der Waals surface area contributed by atoms with E-state index in [1.54, 1.807) is 0 Å². The summed E-state index contributed by atoms with van der Waals surface area (Å²) in [4.78, 5) is 2.44. The van der Waals surface area contributed by atoms with E-state index in [0.29, 0.717) is 0 Å². The van der Waals surface area contributed by atoms with Gasteiger partial charge in [-0.3, -0.25) is 0 Å². The van der Waals surface area contributed by atoms with E-state index in [4.69, 9.17) is 4.74 Å². The van der Waals surface area contributed by atoms with Crippen molar-refractivity contribution in [1.82, 2.24) is 5.32 Å². The summed E-state index contributed by atoms with van der Waals surface area (Å²) in [6.45, 7) is 11.0. The van der Waals surface area contributed by atoms with Crippen molar-refractivity contribution in [2.45, 2.75) is 32.9 Å². The molecule has 1 aliphatic rings. The smallest absolute Gasteiger partial charge is 0.0641 e. The highest BCUT2D eigenvalue weighted by atomic mass is 16.5. The van der Waals surface area contributed by atoms with E-state index in [9.17, 15) is 0 Å². The molecule has 0 atom stereocenters. The molecule has 0 saturated heterocycles. The number of nitrogens with one attached hydrogen (secondary N) is 1. The largest absolute Gasteiger partial charge is 0.380 e. The third-order valence-electron chi connectivity index (χ3n) is 3.39. The lowest BCUT2D eigenvalue weighted by atomic mass is 10.1. The Morgan fingerprint density at radius 1 is 1.33 bits per heavy atom. The van der Waals surface area contributed by atoms with Crippen LogP contribution >= 0.6 is 0 Å². The molecule has 3 heteroatoms. The van der Waals surface area contributed by atoms with Crippen LogP contribution in [0.3, 0.4) is 0 Å². The van der Waals surface area contributed by atoms with Crippen molar-refractivity contribution >= 4 is 5.69 Å². The summed E-state index contributed by atoms with van der Waals surface area (Å²) in [6.07, 6.45) is 0. The standard InChI is InChI=1S/C15H24N2O/c1-4-18-10-9-17-12-15(2,3)16-11-13-7-5-6-8-14(13)17/h5-8,16H,4,9-12H2,1-3H3.